The highest BCUT2D eigenvalue weighted by Crippen LogP contribution is 2.25. The predicted molar refractivity (Wildman–Crippen MR) is 65.1 cm³/mol. The van der Waals surface area contributed by atoms with Crippen molar-refractivity contribution in [3.05, 3.63) is 44.5 Å². The number of nitrogens with one attached hydrogen (secondary N) is 1. The van der Waals surface area contributed by atoms with Crippen molar-refractivity contribution in [1.82, 2.24) is 9.97 Å². The number of rotatable bonds is 4. The Labute approximate surface area is 102 Å². The highest BCUT2D eigenvalue weighted by molar-refractivity contribution is 7.09. The average molecular weight is 250 g/mol. The molecule has 0 fully saturated rings. The third-order valence-corrected chi connectivity index (χ3v) is 3.00. The molecule has 17 heavy (non-hydrogen) atoms. The average Bonchev–Trinajstić information content (AvgIpc) is 2.78. The molecule has 2 aromatic heterocycles. The molecule has 0 aliphatic carbocycles. The van der Waals surface area contributed by atoms with Crippen LogP contribution in [0.1, 0.15) is 10.4 Å². The van der Waals surface area contributed by atoms with Gasteiger partial charge in [0.25, 0.3) is 0 Å². The quantitative estimate of drug-likeness (QED) is 0.665. The van der Waals surface area contributed by atoms with E-state index in [2.05, 4.69) is 15.3 Å². The molecule has 0 bridgehead atoms. The van der Waals surface area contributed by atoms with Gasteiger partial charge in [0.2, 0.25) is 5.82 Å². The number of aryl methyl sites for hydroxylation is 1. The molecule has 0 saturated carbocycles. The number of nitro groups is 1. The van der Waals surface area contributed by atoms with Crippen molar-refractivity contribution in [3.63, 3.8) is 0 Å². The first-order valence-corrected chi connectivity index (χ1v) is 5.77. The topological polar surface area (TPSA) is 81.0 Å². The van der Waals surface area contributed by atoms with Gasteiger partial charge in [-0.15, -0.1) is 11.3 Å². The maximum absolute atomic E-state index is 10.9. The van der Waals surface area contributed by atoms with E-state index in [0.29, 0.717) is 17.9 Å². The van der Waals surface area contributed by atoms with E-state index in [-0.39, 0.29) is 5.69 Å². The van der Waals surface area contributed by atoms with Crippen LogP contribution in [0.15, 0.2) is 24.0 Å². The normalized spacial score (nSPS) is 10.2. The Hall–Kier alpha value is -2.02. The van der Waals surface area contributed by atoms with Crippen molar-refractivity contribution in [2.75, 3.05) is 5.32 Å². The van der Waals surface area contributed by atoms with Gasteiger partial charge in [0.15, 0.2) is 0 Å². The molecule has 2 aromatic rings. The van der Waals surface area contributed by atoms with E-state index < -0.39 is 4.92 Å². The predicted octanol–water partition coefficient (Wildman–Crippen LogP) is 2.37. The Kier molecular flexibility index (Phi) is 3.29. The molecule has 88 valence electrons. The SMILES string of the molecule is Cc1ccnc(NCc2cncs2)c1[N+](=O)[O-]. The molecule has 0 unspecified atom stereocenters. The second-order valence-electron chi connectivity index (χ2n) is 3.40. The lowest BCUT2D eigenvalue weighted by atomic mass is 10.2. The first-order valence-electron chi connectivity index (χ1n) is 4.89. The lowest BCUT2D eigenvalue weighted by molar-refractivity contribution is -0.384. The van der Waals surface area contributed by atoms with E-state index in [1.165, 1.54) is 11.3 Å². The summed E-state index contributed by atoms with van der Waals surface area (Å²) >= 11 is 1.49. The summed E-state index contributed by atoms with van der Waals surface area (Å²) in [4.78, 5) is 19.4. The van der Waals surface area contributed by atoms with Gasteiger partial charge in [0, 0.05) is 22.8 Å². The summed E-state index contributed by atoms with van der Waals surface area (Å²) < 4.78 is 0. The molecule has 0 aliphatic heterocycles. The van der Waals surface area contributed by atoms with E-state index >= 15 is 0 Å². The van der Waals surface area contributed by atoms with Crippen LogP contribution in [-0.4, -0.2) is 14.9 Å². The summed E-state index contributed by atoms with van der Waals surface area (Å²) in [6.07, 6.45) is 3.27. The van der Waals surface area contributed by atoms with Crippen molar-refractivity contribution < 1.29 is 4.92 Å². The van der Waals surface area contributed by atoms with Crippen molar-refractivity contribution >= 4 is 22.8 Å². The zero-order chi connectivity index (χ0) is 12.3. The minimum Gasteiger partial charge on any atom is -0.359 e. The van der Waals surface area contributed by atoms with Crippen LogP contribution in [-0.2, 0) is 6.54 Å². The molecule has 2 rings (SSSR count). The number of pyridine rings is 1. The maximum atomic E-state index is 10.9. The third kappa shape index (κ3) is 2.56. The Bertz CT molecular complexity index is 527. The zero-order valence-electron chi connectivity index (χ0n) is 9.08. The van der Waals surface area contributed by atoms with Gasteiger partial charge >= 0.3 is 5.69 Å². The van der Waals surface area contributed by atoms with E-state index in [0.717, 1.165) is 4.88 Å². The summed E-state index contributed by atoms with van der Waals surface area (Å²) in [6.45, 7) is 2.18. The van der Waals surface area contributed by atoms with E-state index in [4.69, 9.17) is 0 Å². The van der Waals surface area contributed by atoms with Crippen LogP contribution in [0.2, 0.25) is 0 Å². The van der Waals surface area contributed by atoms with E-state index in [9.17, 15) is 10.1 Å². The van der Waals surface area contributed by atoms with Gasteiger partial charge in [-0.05, 0) is 13.0 Å². The second-order valence-corrected chi connectivity index (χ2v) is 4.37. The van der Waals surface area contributed by atoms with E-state index in [1.54, 1.807) is 30.9 Å². The van der Waals surface area contributed by atoms with Gasteiger partial charge < -0.3 is 5.32 Å². The summed E-state index contributed by atoms with van der Waals surface area (Å²) in [5.74, 6) is 0.295. The van der Waals surface area contributed by atoms with Crippen molar-refractivity contribution in [2.45, 2.75) is 13.5 Å². The molecule has 7 heteroatoms. The van der Waals surface area contributed by atoms with Gasteiger partial charge in [-0.25, -0.2) is 4.98 Å². The smallest absolute Gasteiger partial charge is 0.314 e. The lowest BCUT2D eigenvalue weighted by Gasteiger charge is -2.05. The highest BCUT2D eigenvalue weighted by Gasteiger charge is 2.17. The fourth-order valence-electron chi connectivity index (χ4n) is 1.41. The van der Waals surface area contributed by atoms with Crippen LogP contribution >= 0.6 is 11.3 Å². The van der Waals surface area contributed by atoms with Gasteiger partial charge in [-0.3, -0.25) is 15.1 Å². The molecule has 0 radical (unpaired) electrons. The third-order valence-electron chi connectivity index (χ3n) is 2.22. The van der Waals surface area contributed by atoms with Crippen LogP contribution in [0.5, 0.6) is 0 Å². The Morgan fingerprint density at radius 1 is 1.59 bits per heavy atom. The summed E-state index contributed by atoms with van der Waals surface area (Å²) in [5, 5.41) is 13.9. The molecule has 0 aromatic carbocycles. The van der Waals surface area contributed by atoms with Crippen LogP contribution in [0, 0.1) is 17.0 Å². The van der Waals surface area contributed by atoms with Gasteiger partial charge in [-0.1, -0.05) is 0 Å². The van der Waals surface area contributed by atoms with Crippen molar-refractivity contribution in [1.29, 1.82) is 0 Å². The maximum Gasteiger partial charge on any atom is 0.314 e. The van der Waals surface area contributed by atoms with Crippen LogP contribution in [0.4, 0.5) is 11.5 Å². The molecular formula is C10H10N4O2S. The fraction of sp³-hybridized carbons (Fsp3) is 0.200. The second kappa shape index (κ2) is 4.88. The number of nitrogens with zero attached hydrogens (tertiary/aromatic N) is 3. The molecule has 0 atom stereocenters. The number of hydrogen-bond donors (Lipinski definition) is 1. The molecular weight excluding hydrogens is 240 g/mol. The number of anilines is 1. The standard InChI is InChI=1S/C10H10N4O2S/c1-7-2-3-12-10(9(7)14(15)16)13-5-8-4-11-6-17-8/h2-4,6H,5H2,1H3,(H,12,13). The molecule has 0 spiro atoms. The minimum absolute atomic E-state index is 0.0250. The molecule has 6 nitrogen and oxygen atoms in total. The first-order chi connectivity index (χ1) is 8.18. The highest BCUT2D eigenvalue weighted by atomic mass is 32.1. The fourth-order valence-corrected chi connectivity index (χ4v) is 1.94. The van der Waals surface area contributed by atoms with Crippen LogP contribution < -0.4 is 5.32 Å². The molecule has 0 saturated heterocycles. The van der Waals surface area contributed by atoms with Gasteiger partial charge in [0.05, 0.1) is 17.0 Å². The Morgan fingerprint density at radius 2 is 2.41 bits per heavy atom. The summed E-state index contributed by atoms with van der Waals surface area (Å²) in [7, 11) is 0. The number of thiazole rings is 1. The number of aromatic nitrogens is 2. The molecule has 0 aliphatic rings. The van der Waals surface area contributed by atoms with Gasteiger partial charge in [0.1, 0.15) is 0 Å². The minimum atomic E-state index is -0.419. The molecule has 0 amide bonds. The molecule has 2 heterocycles. The van der Waals surface area contributed by atoms with Crippen LogP contribution in [0.25, 0.3) is 0 Å². The Balaban J connectivity index is 2.21. The summed E-state index contributed by atoms with van der Waals surface area (Å²) in [6, 6.07) is 1.62. The largest absolute Gasteiger partial charge is 0.359 e. The van der Waals surface area contributed by atoms with Crippen molar-refractivity contribution in [2.24, 2.45) is 0 Å². The zero-order valence-corrected chi connectivity index (χ0v) is 9.90. The lowest BCUT2D eigenvalue weighted by Crippen LogP contribution is -2.04. The van der Waals surface area contributed by atoms with Gasteiger partial charge in [-0.2, -0.15) is 0 Å². The van der Waals surface area contributed by atoms with E-state index in [1.807, 2.05) is 0 Å². The first kappa shape index (κ1) is 11.5. The van der Waals surface area contributed by atoms with Crippen molar-refractivity contribution in [3.8, 4) is 0 Å². The summed E-state index contributed by atoms with van der Waals surface area (Å²) in [5.41, 5.74) is 2.34. The molecule has 1 N–H and O–H groups in total. The van der Waals surface area contributed by atoms with Crippen LogP contribution in [0.3, 0.4) is 0 Å². The Morgan fingerprint density at radius 3 is 3.06 bits per heavy atom. The number of hydrogen-bond acceptors (Lipinski definition) is 6. The monoisotopic (exact) mass is 250 g/mol.